The number of nitro benzene ring substituents is 2. The SMILES string of the molecule is CC(CCCC(=O)O)(Oc1ccc([N+](=O)[O-])c2cccnc12)C(=O)OOc1ccc([N+](=O)[O-])c2cccnc12. The molecule has 0 bridgehead atoms. The molecule has 0 fully saturated rings. The molecule has 2 heterocycles. The fourth-order valence-corrected chi connectivity index (χ4v) is 3.92. The number of nitrogens with zero attached hydrogens (tertiary/aromatic N) is 4. The monoisotopic (exact) mass is 536 g/mol. The van der Waals surface area contributed by atoms with Gasteiger partial charge >= 0.3 is 11.9 Å². The Balaban J connectivity index is 1.65. The molecular weight excluding hydrogens is 516 g/mol. The van der Waals surface area contributed by atoms with Crippen molar-refractivity contribution in [3.8, 4) is 11.5 Å². The summed E-state index contributed by atoms with van der Waals surface area (Å²) in [7, 11) is 0. The maximum absolute atomic E-state index is 13.3. The lowest BCUT2D eigenvalue weighted by Gasteiger charge is -2.28. The smallest absolute Gasteiger partial charge is 0.398 e. The third kappa shape index (κ3) is 5.64. The highest BCUT2D eigenvalue weighted by Crippen LogP contribution is 2.36. The molecule has 0 radical (unpaired) electrons. The van der Waals surface area contributed by atoms with E-state index in [9.17, 15) is 29.8 Å². The molecular formula is C25H20N4O10. The van der Waals surface area contributed by atoms with E-state index in [1.165, 1.54) is 67.8 Å². The van der Waals surface area contributed by atoms with Gasteiger partial charge in [-0.1, -0.05) is 0 Å². The van der Waals surface area contributed by atoms with Gasteiger partial charge in [-0.05, 0) is 56.2 Å². The summed E-state index contributed by atoms with van der Waals surface area (Å²) in [6, 6.07) is 10.8. The van der Waals surface area contributed by atoms with Crippen molar-refractivity contribution in [2.45, 2.75) is 31.8 Å². The summed E-state index contributed by atoms with van der Waals surface area (Å²) >= 11 is 0. The second-order valence-electron chi connectivity index (χ2n) is 8.51. The first-order valence-electron chi connectivity index (χ1n) is 11.4. The van der Waals surface area contributed by atoms with Crippen LogP contribution in [0.25, 0.3) is 21.8 Å². The average molecular weight is 536 g/mol. The minimum atomic E-state index is -1.82. The summed E-state index contributed by atoms with van der Waals surface area (Å²) in [5.74, 6) is -2.21. The number of benzene rings is 2. The molecule has 200 valence electrons. The summed E-state index contributed by atoms with van der Waals surface area (Å²) in [4.78, 5) is 64.5. The van der Waals surface area contributed by atoms with Crippen LogP contribution in [-0.4, -0.2) is 42.5 Å². The summed E-state index contributed by atoms with van der Waals surface area (Å²) in [5, 5.41) is 32.2. The van der Waals surface area contributed by atoms with E-state index in [1.807, 2.05) is 0 Å². The van der Waals surface area contributed by atoms with Crippen LogP contribution < -0.4 is 9.62 Å². The molecule has 0 saturated carbocycles. The predicted octanol–water partition coefficient (Wildman–Crippen LogP) is 4.53. The van der Waals surface area contributed by atoms with Crippen molar-refractivity contribution in [2.75, 3.05) is 0 Å². The van der Waals surface area contributed by atoms with Crippen LogP contribution in [0.15, 0.2) is 60.9 Å². The highest BCUT2D eigenvalue weighted by atomic mass is 17.2. The molecule has 14 heteroatoms. The molecule has 0 saturated heterocycles. The van der Waals surface area contributed by atoms with Crippen LogP contribution in [0.3, 0.4) is 0 Å². The fraction of sp³-hybridized carbons (Fsp3) is 0.200. The van der Waals surface area contributed by atoms with Crippen LogP contribution in [0.2, 0.25) is 0 Å². The molecule has 0 aliphatic rings. The number of pyridine rings is 2. The van der Waals surface area contributed by atoms with E-state index < -0.39 is 27.4 Å². The maximum Gasteiger partial charge on any atom is 0.398 e. The molecule has 1 unspecified atom stereocenters. The number of aromatic nitrogens is 2. The van der Waals surface area contributed by atoms with Crippen molar-refractivity contribution >= 4 is 45.1 Å². The largest absolute Gasteiger partial charge is 0.481 e. The molecule has 0 spiro atoms. The van der Waals surface area contributed by atoms with Gasteiger partial charge in [0.15, 0.2) is 0 Å². The van der Waals surface area contributed by atoms with Gasteiger partial charge < -0.3 is 9.84 Å². The third-order valence-corrected chi connectivity index (χ3v) is 5.83. The highest BCUT2D eigenvalue weighted by Gasteiger charge is 2.40. The Morgan fingerprint density at radius 1 is 0.897 bits per heavy atom. The van der Waals surface area contributed by atoms with E-state index in [0.717, 1.165) is 0 Å². The Morgan fingerprint density at radius 3 is 1.97 bits per heavy atom. The van der Waals surface area contributed by atoms with Gasteiger partial charge in [-0.3, -0.25) is 39.9 Å². The lowest BCUT2D eigenvalue weighted by atomic mass is 9.98. The summed E-state index contributed by atoms with van der Waals surface area (Å²) in [6.07, 6.45) is 2.39. The zero-order chi connectivity index (χ0) is 28.2. The van der Waals surface area contributed by atoms with Crippen molar-refractivity contribution in [2.24, 2.45) is 0 Å². The molecule has 1 N–H and O–H groups in total. The first-order chi connectivity index (χ1) is 18.6. The van der Waals surface area contributed by atoms with Gasteiger partial charge in [0.2, 0.25) is 11.4 Å². The molecule has 39 heavy (non-hydrogen) atoms. The molecule has 4 rings (SSSR count). The van der Waals surface area contributed by atoms with Gasteiger partial charge in [0, 0.05) is 30.9 Å². The Bertz CT molecular complexity index is 1610. The lowest BCUT2D eigenvalue weighted by Crippen LogP contribution is -2.43. The highest BCUT2D eigenvalue weighted by molar-refractivity contribution is 5.93. The van der Waals surface area contributed by atoms with Crippen LogP contribution in [0.1, 0.15) is 26.2 Å². The fourth-order valence-electron chi connectivity index (χ4n) is 3.92. The van der Waals surface area contributed by atoms with Gasteiger partial charge in [0.1, 0.15) is 16.8 Å². The van der Waals surface area contributed by atoms with Gasteiger partial charge in [-0.15, -0.1) is 0 Å². The number of hydrogen-bond donors (Lipinski definition) is 1. The quantitative estimate of drug-likeness (QED) is 0.160. The first kappa shape index (κ1) is 26.7. The van der Waals surface area contributed by atoms with Crippen molar-refractivity contribution in [3.05, 3.63) is 81.2 Å². The van der Waals surface area contributed by atoms with Crippen molar-refractivity contribution in [1.29, 1.82) is 0 Å². The number of carboxylic acid groups (broad SMARTS) is 1. The molecule has 14 nitrogen and oxygen atoms in total. The average Bonchev–Trinajstić information content (AvgIpc) is 2.91. The number of non-ortho nitro benzene ring substituents is 2. The molecule has 0 aliphatic heterocycles. The van der Waals surface area contributed by atoms with Crippen molar-refractivity contribution < 1.29 is 39.1 Å². The van der Waals surface area contributed by atoms with Gasteiger partial charge in [0.25, 0.3) is 11.4 Å². The third-order valence-electron chi connectivity index (χ3n) is 5.83. The summed E-state index contributed by atoms with van der Waals surface area (Å²) in [5.41, 5.74) is -2.09. The topological polar surface area (TPSA) is 194 Å². The van der Waals surface area contributed by atoms with E-state index in [1.54, 1.807) is 0 Å². The van der Waals surface area contributed by atoms with Crippen molar-refractivity contribution in [1.82, 2.24) is 9.97 Å². The summed E-state index contributed by atoms with van der Waals surface area (Å²) in [6.45, 7) is 1.35. The minimum absolute atomic E-state index is 0.0152. The van der Waals surface area contributed by atoms with Crippen LogP contribution in [-0.2, 0) is 14.5 Å². The number of nitro groups is 2. The second-order valence-corrected chi connectivity index (χ2v) is 8.51. The summed E-state index contributed by atoms with van der Waals surface area (Å²) < 4.78 is 5.98. The second kappa shape index (κ2) is 10.9. The van der Waals surface area contributed by atoms with Crippen LogP contribution >= 0.6 is 0 Å². The van der Waals surface area contributed by atoms with E-state index in [-0.39, 0.29) is 63.9 Å². The van der Waals surface area contributed by atoms with E-state index in [0.29, 0.717) is 0 Å². The number of carbonyl (C=O) groups excluding carboxylic acids is 1. The Kier molecular flexibility index (Phi) is 7.46. The Hall–Kier alpha value is -5.40. The van der Waals surface area contributed by atoms with Crippen LogP contribution in [0.4, 0.5) is 11.4 Å². The van der Waals surface area contributed by atoms with Crippen LogP contribution in [0.5, 0.6) is 11.5 Å². The normalized spacial score (nSPS) is 12.4. The van der Waals surface area contributed by atoms with E-state index in [4.69, 9.17) is 19.6 Å². The van der Waals surface area contributed by atoms with E-state index in [2.05, 4.69) is 9.97 Å². The molecule has 0 aliphatic carbocycles. The molecule has 2 aromatic carbocycles. The van der Waals surface area contributed by atoms with Gasteiger partial charge in [0.05, 0.1) is 20.6 Å². The minimum Gasteiger partial charge on any atom is -0.481 e. The number of fused-ring (bicyclic) bond motifs is 2. The number of hydrogen-bond acceptors (Lipinski definition) is 11. The molecule has 1 atom stereocenters. The number of carboxylic acids is 1. The lowest BCUT2D eigenvalue weighted by molar-refractivity contribution is -0.383. The maximum atomic E-state index is 13.3. The van der Waals surface area contributed by atoms with E-state index >= 15 is 0 Å². The number of ether oxygens (including phenoxy) is 1. The first-order valence-corrected chi connectivity index (χ1v) is 11.4. The molecule has 0 amide bonds. The van der Waals surface area contributed by atoms with Crippen molar-refractivity contribution in [3.63, 3.8) is 0 Å². The Morgan fingerprint density at radius 2 is 1.44 bits per heavy atom. The zero-order valence-electron chi connectivity index (χ0n) is 20.3. The number of aliphatic carboxylic acids is 1. The Labute approximate surface area is 219 Å². The zero-order valence-corrected chi connectivity index (χ0v) is 20.3. The number of rotatable bonds is 11. The van der Waals surface area contributed by atoms with Gasteiger partial charge in [-0.25, -0.2) is 9.68 Å². The molecule has 2 aromatic heterocycles. The van der Waals surface area contributed by atoms with Crippen LogP contribution in [0, 0.1) is 20.2 Å². The molecule has 4 aromatic rings. The standard InChI is InChI=1S/C25H20N4O10/c1-25(12-2-7-21(30)31,37-19-10-8-17(28(33)34)15-5-3-13-26-22(15)19)24(32)39-38-20-11-9-18(29(35)36)16-6-4-14-27-23(16)20/h3-6,8-11,13-14H,2,7,12H2,1H3,(H,30,31). The number of carbonyl (C=O) groups is 2. The van der Waals surface area contributed by atoms with Gasteiger partial charge in [-0.2, -0.15) is 0 Å². The predicted molar refractivity (Wildman–Crippen MR) is 134 cm³/mol.